The zero-order valence-corrected chi connectivity index (χ0v) is 63.6. The monoisotopic (exact) mass is 1320 g/mol. The van der Waals surface area contributed by atoms with Crippen LogP contribution in [-0.2, 0) is 23.9 Å². The normalized spacial score (nSPS) is 16.0. The van der Waals surface area contributed by atoms with Crippen molar-refractivity contribution in [3.05, 3.63) is 175 Å². The SMILES string of the molecule is CC(C)(C)NC1(c2ccccc2)CC1.CC(C)(C)Nc1ccccc1.CC(C)NCC(c1ccccc1)N1CCOCC1.CC(C)NCCN1CCCCC1.CC(C)c1nnc(CN2CCCCC2)o1.CCC(C)C.Cn1c(NC(C)(C)C)nc2ccccc21.c1ccccc1. The minimum Gasteiger partial charge on any atom is -0.424 e. The fraction of sp³-hybridized carbons (Fsp3) is 0.598. The van der Waals surface area contributed by atoms with E-state index in [1.165, 1.54) is 107 Å². The van der Waals surface area contributed by atoms with Gasteiger partial charge in [-0.25, -0.2) is 4.98 Å². The Morgan fingerprint density at radius 1 is 0.531 bits per heavy atom. The molecule has 5 N–H and O–H groups in total. The number of para-hydroxylation sites is 3. The Labute approximate surface area is 584 Å². The summed E-state index contributed by atoms with van der Waals surface area (Å²) < 4.78 is 13.1. The standard InChI is InChI=1S/C15H24N2O.C13H19N.C12H17N3.C11H19N3O.C10H22N2.C10H15N.C6H6.C5H12/c1-13(2)16-12-15(14-6-4-3-5-7-14)17-8-10-18-11-9-17;1-12(2,3)14-13(9-10-13)11-7-5-4-6-8-11;1-12(2,3)14-11-13-9-7-5-6-8-10(9)15(11)4;1-9(2)11-13-12-10(15-11)8-14-6-4-3-5-7-14;1-10(2)11-6-9-12-7-4-3-5-8-12;1-10(2,3)11-9-7-5-4-6-8-9;1-2-4-6-5-3-1;1-4-5(2)3/h3-7,13,15-16H,8-12H2,1-2H3;4-8,14H,9-10H2,1-3H3;5-8H,1-4H3,(H,13,14);9H,3-8H2,1-2H3;10-11H,3-9H2,1-2H3;4-8,11H,1-3H3;1-6H;5H,4H2,1-3H3. The number of aromatic nitrogens is 4. The van der Waals surface area contributed by atoms with Crippen LogP contribution in [0.5, 0.6) is 0 Å². The summed E-state index contributed by atoms with van der Waals surface area (Å²) in [4.78, 5) is 12.0. The van der Waals surface area contributed by atoms with E-state index < -0.39 is 0 Å². The van der Waals surface area contributed by atoms with Gasteiger partial charge in [0, 0.05) is 91.7 Å². The third-order valence-corrected chi connectivity index (χ3v) is 16.3. The maximum atomic E-state index is 5.58. The number of rotatable bonds is 17. The molecule has 1 saturated carbocycles. The van der Waals surface area contributed by atoms with Crippen molar-refractivity contribution in [2.24, 2.45) is 13.0 Å². The molecule has 0 bridgehead atoms. The predicted octanol–water partition coefficient (Wildman–Crippen LogP) is 18.2. The van der Waals surface area contributed by atoms with E-state index in [1.807, 2.05) is 79.8 Å². The van der Waals surface area contributed by atoms with Crippen LogP contribution in [0.1, 0.15) is 217 Å². The van der Waals surface area contributed by atoms with E-state index in [0.29, 0.717) is 24.0 Å². The highest BCUT2D eigenvalue weighted by molar-refractivity contribution is 5.78. The maximum Gasteiger partial charge on any atom is 0.230 e. The number of imidazole rings is 1. The van der Waals surface area contributed by atoms with Gasteiger partial charge in [-0.2, -0.15) is 0 Å². The van der Waals surface area contributed by atoms with E-state index in [0.717, 1.165) is 80.6 Å². The Balaban J connectivity index is 0.000000238. The predicted molar refractivity (Wildman–Crippen MR) is 411 cm³/mol. The molecule has 1 atom stereocenters. The van der Waals surface area contributed by atoms with Gasteiger partial charge in [0.1, 0.15) is 0 Å². The van der Waals surface area contributed by atoms with E-state index in [9.17, 15) is 0 Å². The van der Waals surface area contributed by atoms with Crippen molar-refractivity contribution in [2.75, 3.05) is 82.8 Å². The number of likely N-dealkylation sites (tertiary alicyclic amines) is 2. The van der Waals surface area contributed by atoms with Gasteiger partial charge >= 0.3 is 0 Å². The van der Waals surface area contributed by atoms with Gasteiger partial charge in [0.05, 0.1) is 30.8 Å². The molecular formula is C82H134N12O2. The number of morpholine rings is 1. The molecule has 2 aromatic heterocycles. The Bertz CT molecular complexity index is 2970. The number of aryl methyl sites for hydroxylation is 1. The van der Waals surface area contributed by atoms with Crippen LogP contribution in [0.25, 0.3) is 11.0 Å². The third-order valence-electron chi connectivity index (χ3n) is 16.3. The first kappa shape index (κ1) is 82.5. The van der Waals surface area contributed by atoms with Gasteiger partial charge < -0.3 is 45.2 Å². The van der Waals surface area contributed by atoms with Gasteiger partial charge in [0.15, 0.2) is 0 Å². The highest BCUT2D eigenvalue weighted by Crippen LogP contribution is 2.46. The minimum atomic E-state index is 0.0368. The first-order chi connectivity index (χ1) is 45.7. The summed E-state index contributed by atoms with van der Waals surface area (Å²) >= 11 is 0. The molecule has 534 valence electrons. The molecule has 14 heteroatoms. The van der Waals surface area contributed by atoms with Crippen molar-refractivity contribution < 1.29 is 9.15 Å². The number of hydrogen-bond donors (Lipinski definition) is 5. The molecular weight excluding hydrogens is 1180 g/mol. The summed E-state index contributed by atoms with van der Waals surface area (Å²) in [7, 11) is 2.03. The summed E-state index contributed by atoms with van der Waals surface area (Å²) in [5.74, 6) is 3.65. The average molecular weight is 1320 g/mol. The van der Waals surface area contributed by atoms with E-state index in [2.05, 4.69) is 265 Å². The zero-order valence-electron chi connectivity index (χ0n) is 63.6. The highest BCUT2D eigenvalue weighted by atomic mass is 16.5. The molecule has 1 aliphatic carbocycles. The molecule has 5 heterocycles. The average Bonchev–Trinajstić information content (AvgIpc) is 1.68. The van der Waals surface area contributed by atoms with Crippen LogP contribution in [-0.4, -0.2) is 135 Å². The topological polar surface area (TPSA) is 136 Å². The summed E-state index contributed by atoms with van der Waals surface area (Å²) in [6.07, 6.45) is 12.0. The second-order valence-corrected chi connectivity index (χ2v) is 30.6. The molecule has 14 nitrogen and oxygen atoms in total. The fourth-order valence-corrected chi connectivity index (χ4v) is 11.0. The minimum absolute atomic E-state index is 0.0368. The van der Waals surface area contributed by atoms with Crippen LogP contribution in [0, 0.1) is 5.92 Å². The number of piperidine rings is 2. The fourth-order valence-electron chi connectivity index (χ4n) is 11.0. The summed E-state index contributed by atoms with van der Waals surface area (Å²) in [5.41, 5.74) is 6.88. The van der Waals surface area contributed by atoms with Crippen LogP contribution < -0.4 is 26.6 Å². The van der Waals surface area contributed by atoms with Crippen LogP contribution >= 0.6 is 0 Å². The molecule has 4 aliphatic rings. The Kier molecular flexibility index (Phi) is 37.9. The van der Waals surface area contributed by atoms with Crippen molar-refractivity contribution in [1.82, 2.24) is 50.4 Å². The number of anilines is 2. The molecule has 4 fully saturated rings. The van der Waals surface area contributed by atoms with Crippen molar-refractivity contribution in [3.63, 3.8) is 0 Å². The lowest BCUT2D eigenvalue weighted by Gasteiger charge is -2.35. The zero-order chi connectivity index (χ0) is 70.4. The highest BCUT2D eigenvalue weighted by Gasteiger charge is 2.46. The number of nitrogens with one attached hydrogen (secondary N) is 5. The molecule has 96 heavy (non-hydrogen) atoms. The Hall–Kier alpha value is -5.97. The number of nitrogens with zero attached hydrogens (tertiary/aromatic N) is 7. The maximum absolute atomic E-state index is 5.58. The van der Waals surface area contributed by atoms with Gasteiger partial charge in [-0.15, -0.1) is 10.2 Å². The molecule has 11 rings (SSSR count). The summed E-state index contributed by atoms with van der Waals surface area (Å²) in [5, 5.41) is 25.6. The number of fused-ring (bicyclic) bond motifs is 1. The molecule has 0 radical (unpaired) electrons. The van der Waals surface area contributed by atoms with Gasteiger partial charge in [-0.1, -0.05) is 209 Å². The molecule has 5 aromatic carbocycles. The van der Waals surface area contributed by atoms with Crippen LogP contribution in [0.4, 0.5) is 11.6 Å². The smallest absolute Gasteiger partial charge is 0.230 e. The van der Waals surface area contributed by atoms with E-state index in [4.69, 9.17) is 9.15 Å². The number of benzene rings is 5. The molecule has 0 spiro atoms. The molecule has 7 aromatic rings. The van der Waals surface area contributed by atoms with Crippen molar-refractivity contribution in [2.45, 2.75) is 235 Å². The van der Waals surface area contributed by atoms with E-state index >= 15 is 0 Å². The molecule has 3 saturated heterocycles. The lowest BCUT2D eigenvalue weighted by Crippen LogP contribution is -2.43. The Morgan fingerprint density at radius 3 is 1.47 bits per heavy atom. The van der Waals surface area contributed by atoms with Gasteiger partial charge in [-0.3, -0.25) is 9.80 Å². The lowest BCUT2D eigenvalue weighted by molar-refractivity contribution is 0.0158. The van der Waals surface area contributed by atoms with Crippen LogP contribution in [0.15, 0.2) is 156 Å². The van der Waals surface area contributed by atoms with E-state index in [1.54, 1.807) is 0 Å². The largest absolute Gasteiger partial charge is 0.424 e. The second kappa shape index (κ2) is 44.1. The van der Waals surface area contributed by atoms with Crippen LogP contribution in [0.2, 0.25) is 0 Å². The first-order valence-electron chi connectivity index (χ1n) is 36.6. The summed E-state index contributed by atoms with van der Waals surface area (Å²) in [6, 6.07) is 53.6. The summed E-state index contributed by atoms with van der Waals surface area (Å²) in [6.45, 7) is 52.1. The lowest BCUT2D eigenvalue weighted by atomic mass is 10.00. The van der Waals surface area contributed by atoms with Crippen molar-refractivity contribution >= 4 is 22.7 Å². The van der Waals surface area contributed by atoms with Gasteiger partial charge in [0.2, 0.25) is 17.7 Å². The second-order valence-electron chi connectivity index (χ2n) is 30.6. The third kappa shape index (κ3) is 36.0. The number of ether oxygens (including phenoxy) is 1. The van der Waals surface area contributed by atoms with Crippen molar-refractivity contribution in [3.8, 4) is 0 Å². The number of hydrogen-bond acceptors (Lipinski definition) is 13. The molecule has 0 amide bonds. The molecule has 3 aliphatic heterocycles. The van der Waals surface area contributed by atoms with E-state index in [-0.39, 0.29) is 22.2 Å². The molecule has 1 unspecified atom stereocenters. The quantitative estimate of drug-likeness (QED) is 0.0592. The van der Waals surface area contributed by atoms with Crippen molar-refractivity contribution in [1.29, 1.82) is 0 Å². The van der Waals surface area contributed by atoms with Crippen LogP contribution in [0.3, 0.4) is 0 Å². The Morgan fingerprint density at radius 2 is 1.01 bits per heavy atom. The first-order valence-corrected chi connectivity index (χ1v) is 36.6. The van der Waals surface area contributed by atoms with Gasteiger partial charge in [-0.05, 0) is 168 Å². The van der Waals surface area contributed by atoms with Gasteiger partial charge in [0.25, 0.3) is 0 Å².